The smallest absolute Gasteiger partial charge is 0.145 e. The minimum Gasteiger partial charge on any atom is -0.508 e. The van der Waals surface area contributed by atoms with E-state index < -0.39 is 0 Å². The van der Waals surface area contributed by atoms with Crippen LogP contribution in [0.4, 0.5) is 0 Å². The first-order valence-electron chi connectivity index (χ1n) is 7.67. The number of aryl methyl sites for hydroxylation is 1. The van der Waals surface area contributed by atoms with Gasteiger partial charge in [0, 0.05) is 47.2 Å². The van der Waals surface area contributed by atoms with Crippen molar-refractivity contribution < 1.29 is 15.3 Å². The van der Waals surface area contributed by atoms with Crippen molar-refractivity contribution in [3.63, 3.8) is 0 Å². The molecule has 24 heavy (non-hydrogen) atoms. The molecule has 2 heterocycles. The van der Waals surface area contributed by atoms with Gasteiger partial charge in [0.15, 0.2) is 0 Å². The lowest BCUT2D eigenvalue weighted by molar-refractivity contribution is 0.280. The van der Waals surface area contributed by atoms with Gasteiger partial charge < -0.3 is 20.3 Å². The fourth-order valence-corrected chi connectivity index (χ4v) is 2.64. The second-order valence-corrected chi connectivity index (χ2v) is 5.62. The predicted molar refractivity (Wildman–Crippen MR) is 92.7 cm³/mol. The molecule has 0 atom stereocenters. The molecule has 1 aromatic carbocycles. The Morgan fingerprint density at radius 1 is 1.25 bits per heavy atom. The number of aliphatic hydroxyl groups excluding tert-OH is 1. The maximum atomic E-state index is 10.1. The molecule has 3 rings (SSSR count). The van der Waals surface area contributed by atoms with E-state index in [-0.39, 0.29) is 18.1 Å². The topological polar surface area (TPSA) is 102 Å². The van der Waals surface area contributed by atoms with Gasteiger partial charge in [-0.15, -0.1) is 0 Å². The van der Waals surface area contributed by atoms with Crippen LogP contribution in [-0.2, 0) is 13.0 Å². The lowest BCUT2D eigenvalue weighted by Crippen LogP contribution is -1.99. The molecule has 0 saturated heterocycles. The second-order valence-electron chi connectivity index (χ2n) is 5.62. The number of rotatable bonds is 5. The number of phenolic OH excluding ortho intramolecular Hbond substituents is 1. The molecule has 0 bridgehead atoms. The van der Waals surface area contributed by atoms with Crippen molar-refractivity contribution in [1.82, 2.24) is 9.97 Å². The number of aromatic hydroxyl groups is 2. The Bertz CT molecular complexity index is 900. The van der Waals surface area contributed by atoms with Crippen LogP contribution in [0.25, 0.3) is 10.9 Å². The fourth-order valence-electron chi connectivity index (χ4n) is 2.64. The average molecular weight is 325 g/mol. The minimum atomic E-state index is -0.204. The van der Waals surface area contributed by atoms with Crippen LogP contribution in [0.1, 0.15) is 22.4 Å². The first kappa shape index (κ1) is 16.0. The van der Waals surface area contributed by atoms with E-state index >= 15 is 0 Å². The average Bonchev–Trinajstić information content (AvgIpc) is 2.97. The number of aromatic nitrogens is 2. The zero-order valence-electron chi connectivity index (χ0n) is 13.3. The van der Waals surface area contributed by atoms with Gasteiger partial charge in [0.2, 0.25) is 0 Å². The van der Waals surface area contributed by atoms with Crippen LogP contribution in [-0.4, -0.2) is 38.0 Å². The first-order chi connectivity index (χ1) is 11.6. The molecule has 0 amide bonds. The summed E-state index contributed by atoms with van der Waals surface area (Å²) in [5, 5.41) is 30.0. The Balaban J connectivity index is 1.75. The second kappa shape index (κ2) is 6.72. The highest BCUT2D eigenvalue weighted by molar-refractivity contribution is 5.86. The van der Waals surface area contributed by atoms with Crippen LogP contribution in [0.2, 0.25) is 0 Å². The van der Waals surface area contributed by atoms with E-state index in [0.717, 1.165) is 16.5 Å². The van der Waals surface area contributed by atoms with Crippen molar-refractivity contribution >= 4 is 17.1 Å². The van der Waals surface area contributed by atoms with Gasteiger partial charge in [-0.3, -0.25) is 9.98 Å². The minimum absolute atomic E-state index is 0.0438. The number of hydrogen-bond acceptors (Lipinski definition) is 5. The number of benzene rings is 1. The number of hydrogen-bond donors (Lipinski definition) is 4. The Morgan fingerprint density at radius 2 is 2.08 bits per heavy atom. The van der Waals surface area contributed by atoms with Gasteiger partial charge in [0.05, 0.1) is 12.3 Å². The normalized spacial score (nSPS) is 11.6. The Hall–Kier alpha value is -2.86. The number of fused-ring (bicyclic) bond motifs is 1. The largest absolute Gasteiger partial charge is 0.508 e. The number of aliphatic hydroxyl groups is 1. The summed E-state index contributed by atoms with van der Waals surface area (Å²) in [5.41, 5.74) is 3.58. The van der Waals surface area contributed by atoms with Crippen LogP contribution >= 0.6 is 0 Å². The van der Waals surface area contributed by atoms with Crippen LogP contribution in [0.5, 0.6) is 11.5 Å². The monoisotopic (exact) mass is 325 g/mol. The molecule has 0 aliphatic carbocycles. The number of pyridine rings is 1. The van der Waals surface area contributed by atoms with Crippen molar-refractivity contribution in [3.05, 3.63) is 53.0 Å². The molecule has 3 aromatic rings. The number of nitrogens with zero attached hydrogens (tertiary/aromatic N) is 2. The molecule has 0 aliphatic rings. The Labute approximate surface area is 139 Å². The zero-order chi connectivity index (χ0) is 17.1. The van der Waals surface area contributed by atoms with Crippen LogP contribution in [0.15, 0.2) is 35.6 Å². The molecular weight excluding hydrogens is 306 g/mol. The lowest BCUT2D eigenvalue weighted by atomic mass is 10.1. The summed E-state index contributed by atoms with van der Waals surface area (Å²) in [6, 6.07) is 5.21. The van der Waals surface area contributed by atoms with Gasteiger partial charge in [-0.25, -0.2) is 0 Å². The van der Waals surface area contributed by atoms with Crippen LogP contribution in [0.3, 0.4) is 0 Å². The SMILES string of the molecule is Cc1ncc(CO)c(C=NCCc2c[nH]c3ccc(O)cc23)c1O. The van der Waals surface area contributed by atoms with Crippen molar-refractivity contribution in [2.75, 3.05) is 6.54 Å². The number of nitrogens with one attached hydrogen (secondary N) is 1. The highest BCUT2D eigenvalue weighted by Gasteiger charge is 2.09. The number of H-pyrrole nitrogens is 1. The maximum Gasteiger partial charge on any atom is 0.145 e. The Morgan fingerprint density at radius 3 is 2.88 bits per heavy atom. The van der Waals surface area contributed by atoms with E-state index in [9.17, 15) is 15.3 Å². The fraction of sp³-hybridized carbons (Fsp3) is 0.222. The summed E-state index contributed by atoms with van der Waals surface area (Å²) in [4.78, 5) is 11.5. The molecule has 0 saturated carbocycles. The molecule has 124 valence electrons. The van der Waals surface area contributed by atoms with Gasteiger partial charge >= 0.3 is 0 Å². The molecule has 0 aliphatic heterocycles. The van der Waals surface area contributed by atoms with Crippen molar-refractivity contribution in [2.45, 2.75) is 20.0 Å². The van der Waals surface area contributed by atoms with Gasteiger partial charge in [-0.1, -0.05) is 0 Å². The Kier molecular flexibility index (Phi) is 4.48. The van der Waals surface area contributed by atoms with E-state index in [1.54, 1.807) is 31.5 Å². The molecule has 0 unspecified atom stereocenters. The summed E-state index contributed by atoms with van der Waals surface area (Å²) in [6.45, 7) is 2.02. The van der Waals surface area contributed by atoms with Crippen LogP contribution in [0, 0.1) is 6.92 Å². The van der Waals surface area contributed by atoms with E-state index in [2.05, 4.69) is 15.0 Å². The van der Waals surface area contributed by atoms with E-state index in [0.29, 0.717) is 29.8 Å². The number of aliphatic imine (C=N–C) groups is 1. The highest BCUT2D eigenvalue weighted by atomic mass is 16.3. The molecule has 0 spiro atoms. The predicted octanol–water partition coefficient (Wildman–Crippen LogP) is 2.44. The lowest BCUT2D eigenvalue weighted by Gasteiger charge is -2.06. The molecule has 2 aromatic heterocycles. The third-order valence-corrected chi connectivity index (χ3v) is 4.01. The van der Waals surface area contributed by atoms with Gasteiger partial charge in [-0.05, 0) is 37.1 Å². The van der Waals surface area contributed by atoms with Crippen molar-refractivity contribution in [2.24, 2.45) is 4.99 Å². The summed E-state index contributed by atoms with van der Waals surface area (Å²) in [5.74, 6) is 0.277. The van der Waals surface area contributed by atoms with Crippen molar-refractivity contribution in [3.8, 4) is 11.5 Å². The van der Waals surface area contributed by atoms with Crippen LogP contribution < -0.4 is 0 Å². The quantitative estimate of drug-likeness (QED) is 0.541. The zero-order valence-corrected chi connectivity index (χ0v) is 13.3. The molecule has 0 radical (unpaired) electrons. The molecule has 6 heteroatoms. The summed E-state index contributed by atoms with van der Waals surface area (Å²) in [6.07, 6.45) is 5.72. The maximum absolute atomic E-state index is 10.1. The molecule has 0 fully saturated rings. The van der Waals surface area contributed by atoms with Crippen molar-refractivity contribution in [1.29, 1.82) is 0 Å². The molecule has 6 nitrogen and oxygen atoms in total. The highest BCUT2D eigenvalue weighted by Crippen LogP contribution is 2.24. The van der Waals surface area contributed by atoms with Gasteiger partial charge in [0.1, 0.15) is 11.5 Å². The van der Waals surface area contributed by atoms with Gasteiger partial charge in [-0.2, -0.15) is 0 Å². The third-order valence-electron chi connectivity index (χ3n) is 4.01. The van der Waals surface area contributed by atoms with E-state index in [4.69, 9.17) is 0 Å². The van der Waals surface area contributed by atoms with E-state index in [1.165, 1.54) is 0 Å². The third kappa shape index (κ3) is 3.09. The van der Waals surface area contributed by atoms with E-state index in [1.807, 2.05) is 12.3 Å². The molecular formula is C18H19N3O3. The number of phenols is 1. The van der Waals surface area contributed by atoms with Gasteiger partial charge in [0.25, 0.3) is 0 Å². The number of aromatic amines is 1. The molecule has 4 N–H and O–H groups in total. The summed E-state index contributed by atoms with van der Waals surface area (Å²) in [7, 11) is 0. The first-order valence-corrected chi connectivity index (χ1v) is 7.67. The standard InChI is InChI=1S/C18H19N3O3/c1-11-18(24)16(13(10-22)8-20-11)9-19-5-4-12-7-21-17-3-2-14(23)6-15(12)17/h2-3,6-9,21-24H,4-5,10H2,1H3. The summed E-state index contributed by atoms with van der Waals surface area (Å²) >= 11 is 0. The summed E-state index contributed by atoms with van der Waals surface area (Å²) < 4.78 is 0.